The van der Waals surface area contributed by atoms with Crippen molar-refractivity contribution in [1.82, 2.24) is 5.32 Å². The van der Waals surface area contributed by atoms with Crippen LogP contribution in [0.1, 0.15) is 44.1 Å². The predicted molar refractivity (Wildman–Crippen MR) is 65.1 cm³/mol. The van der Waals surface area contributed by atoms with Gasteiger partial charge < -0.3 is 5.32 Å². The number of nitrogens with one attached hydrogen (secondary N) is 1. The van der Waals surface area contributed by atoms with Gasteiger partial charge in [-0.1, -0.05) is 43.7 Å². The van der Waals surface area contributed by atoms with E-state index in [1.807, 2.05) is 0 Å². The summed E-state index contributed by atoms with van der Waals surface area (Å²) in [5, 5.41) is 3.67. The average molecular weight is 203 g/mol. The topological polar surface area (TPSA) is 12.0 Å². The van der Waals surface area contributed by atoms with E-state index in [2.05, 4.69) is 42.6 Å². The maximum absolute atomic E-state index is 3.67. The van der Waals surface area contributed by atoms with Crippen molar-refractivity contribution in [1.29, 1.82) is 0 Å². The first kappa shape index (κ1) is 10.7. The largest absolute Gasteiger partial charge is 0.313 e. The molecule has 0 aromatic heterocycles. The molecule has 1 nitrogen and oxygen atoms in total. The molecule has 0 unspecified atom stereocenters. The van der Waals surface area contributed by atoms with Crippen LogP contribution in [0.4, 0.5) is 0 Å². The highest BCUT2D eigenvalue weighted by Gasteiger charge is 2.22. The van der Waals surface area contributed by atoms with Gasteiger partial charge in [0, 0.05) is 6.04 Å². The normalized spacial score (nSPS) is 23.7. The van der Waals surface area contributed by atoms with Crippen molar-refractivity contribution >= 4 is 0 Å². The van der Waals surface area contributed by atoms with Gasteiger partial charge in [0.1, 0.15) is 0 Å². The average Bonchev–Trinajstić information content (AvgIpc) is 2.33. The summed E-state index contributed by atoms with van der Waals surface area (Å²) in [6.07, 6.45) is 5.32. The quantitative estimate of drug-likeness (QED) is 0.794. The maximum Gasteiger partial charge on any atom is 0.0136 e. The maximum atomic E-state index is 3.67. The van der Waals surface area contributed by atoms with E-state index in [1.54, 1.807) is 0 Å². The summed E-state index contributed by atoms with van der Waals surface area (Å²) in [5.41, 5.74) is 1.50. The standard InChI is InChI=1S/C14H21N/c1-2-13(12-8-4-3-5-9-12)14-10-6-7-11-15-14/h3-5,8-9,13-15H,2,6-7,10-11H2,1H3/t13-,14-/m1/s1. The van der Waals surface area contributed by atoms with Crippen LogP contribution in [0, 0.1) is 0 Å². The molecule has 0 amide bonds. The second-order valence-electron chi connectivity index (χ2n) is 4.48. The first-order valence-electron chi connectivity index (χ1n) is 6.20. The van der Waals surface area contributed by atoms with Crippen molar-refractivity contribution in [3.8, 4) is 0 Å². The summed E-state index contributed by atoms with van der Waals surface area (Å²) >= 11 is 0. The Morgan fingerprint density at radius 2 is 2.07 bits per heavy atom. The summed E-state index contributed by atoms with van der Waals surface area (Å²) in [4.78, 5) is 0. The molecule has 82 valence electrons. The second kappa shape index (κ2) is 5.32. The molecule has 1 aromatic carbocycles. The van der Waals surface area contributed by atoms with Gasteiger partial charge in [-0.15, -0.1) is 0 Å². The molecule has 1 heterocycles. The molecule has 0 radical (unpaired) electrons. The zero-order chi connectivity index (χ0) is 10.5. The van der Waals surface area contributed by atoms with Crippen LogP contribution in [0.3, 0.4) is 0 Å². The minimum absolute atomic E-state index is 0.700. The van der Waals surface area contributed by atoms with Crippen molar-refractivity contribution in [2.45, 2.75) is 44.6 Å². The van der Waals surface area contributed by atoms with E-state index in [9.17, 15) is 0 Å². The summed E-state index contributed by atoms with van der Waals surface area (Å²) in [7, 11) is 0. The van der Waals surface area contributed by atoms with E-state index < -0.39 is 0 Å². The van der Waals surface area contributed by atoms with Gasteiger partial charge in [0.15, 0.2) is 0 Å². The zero-order valence-electron chi connectivity index (χ0n) is 9.58. The molecule has 1 N–H and O–H groups in total. The lowest BCUT2D eigenvalue weighted by molar-refractivity contribution is 0.344. The molecule has 1 aromatic rings. The molecule has 2 rings (SSSR count). The second-order valence-corrected chi connectivity index (χ2v) is 4.48. The van der Waals surface area contributed by atoms with Crippen LogP contribution in [0.5, 0.6) is 0 Å². The lowest BCUT2D eigenvalue weighted by Gasteiger charge is -2.31. The SMILES string of the molecule is CC[C@H](c1ccccc1)[C@H]1CCCCN1. The minimum atomic E-state index is 0.700. The Morgan fingerprint density at radius 3 is 2.67 bits per heavy atom. The van der Waals surface area contributed by atoms with E-state index in [0.29, 0.717) is 12.0 Å². The van der Waals surface area contributed by atoms with Crippen LogP contribution in [0.25, 0.3) is 0 Å². The van der Waals surface area contributed by atoms with Crippen molar-refractivity contribution in [3.63, 3.8) is 0 Å². The van der Waals surface area contributed by atoms with Crippen LogP contribution < -0.4 is 5.32 Å². The van der Waals surface area contributed by atoms with Gasteiger partial charge in [-0.05, 0) is 37.3 Å². The summed E-state index contributed by atoms with van der Waals surface area (Å²) in [6, 6.07) is 11.6. The van der Waals surface area contributed by atoms with Crippen molar-refractivity contribution < 1.29 is 0 Å². The molecular formula is C14H21N. The monoisotopic (exact) mass is 203 g/mol. The third-order valence-corrected chi connectivity index (χ3v) is 3.50. The van der Waals surface area contributed by atoms with Crippen LogP contribution in [-0.4, -0.2) is 12.6 Å². The molecule has 0 bridgehead atoms. The van der Waals surface area contributed by atoms with Gasteiger partial charge in [-0.25, -0.2) is 0 Å². The third kappa shape index (κ3) is 2.60. The van der Waals surface area contributed by atoms with Gasteiger partial charge >= 0.3 is 0 Å². The van der Waals surface area contributed by atoms with Gasteiger partial charge in [-0.2, -0.15) is 0 Å². The first-order chi connectivity index (χ1) is 7.42. The molecule has 1 aliphatic rings. The molecule has 0 spiro atoms. The Bertz CT molecular complexity index is 275. The van der Waals surface area contributed by atoms with E-state index in [4.69, 9.17) is 0 Å². The fraction of sp³-hybridized carbons (Fsp3) is 0.571. The van der Waals surface area contributed by atoms with Gasteiger partial charge in [0.2, 0.25) is 0 Å². The molecule has 1 fully saturated rings. The number of hydrogen-bond donors (Lipinski definition) is 1. The van der Waals surface area contributed by atoms with Crippen molar-refractivity contribution in [3.05, 3.63) is 35.9 Å². The highest BCUT2D eigenvalue weighted by molar-refractivity contribution is 5.21. The predicted octanol–water partition coefficient (Wildman–Crippen LogP) is 3.32. The molecule has 15 heavy (non-hydrogen) atoms. The first-order valence-corrected chi connectivity index (χ1v) is 6.20. The smallest absolute Gasteiger partial charge is 0.0136 e. The summed E-state index contributed by atoms with van der Waals surface area (Å²) < 4.78 is 0. The minimum Gasteiger partial charge on any atom is -0.313 e. The van der Waals surface area contributed by atoms with Crippen molar-refractivity contribution in [2.75, 3.05) is 6.54 Å². The number of benzene rings is 1. The highest BCUT2D eigenvalue weighted by atomic mass is 14.9. The summed E-state index contributed by atoms with van der Waals surface area (Å²) in [6.45, 7) is 3.50. The molecular weight excluding hydrogens is 182 g/mol. The Hall–Kier alpha value is -0.820. The summed E-state index contributed by atoms with van der Waals surface area (Å²) in [5.74, 6) is 0.700. The zero-order valence-corrected chi connectivity index (χ0v) is 9.58. The molecule has 1 aliphatic heterocycles. The van der Waals surface area contributed by atoms with Gasteiger partial charge in [0.05, 0.1) is 0 Å². The fourth-order valence-electron chi connectivity index (χ4n) is 2.67. The lowest BCUT2D eigenvalue weighted by atomic mass is 9.85. The van der Waals surface area contributed by atoms with Gasteiger partial charge in [-0.3, -0.25) is 0 Å². The van der Waals surface area contributed by atoms with E-state index in [-0.39, 0.29) is 0 Å². The molecule has 1 heteroatoms. The molecule has 2 atom stereocenters. The van der Waals surface area contributed by atoms with Crippen LogP contribution in [0.2, 0.25) is 0 Å². The number of piperidine rings is 1. The fourth-order valence-corrected chi connectivity index (χ4v) is 2.67. The molecule has 0 aliphatic carbocycles. The van der Waals surface area contributed by atoms with E-state index in [0.717, 1.165) is 0 Å². The van der Waals surface area contributed by atoms with Crippen LogP contribution in [0.15, 0.2) is 30.3 Å². The van der Waals surface area contributed by atoms with E-state index in [1.165, 1.54) is 37.8 Å². The van der Waals surface area contributed by atoms with Crippen molar-refractivity contribution in [2.24, 2.45) is 0 Å². The Labute approximate surface area is 92.9 Å². The Morgan fingerprint density at radius 1 is 1.27 bits per heavy atom. The highest BCUT2D eigenvalue weighted by Crippen LogP contribution is 2.27. The molecule has 0 saturated carbocycles. The third-order valence-electron chi connectivity index (χ3n) is 3.50. The lowest BCUT2D eigenvalue weighted by Crippen LogP contribution is -2.38. The van der Waals surface area contributed by atoms with Gasteiger partial charge in [0.25, 0.3) is 0 Å². The molecule has 1 saturated heterocycles. The Balaban J connectivity index is 2.09. The number of hydrogen-bond acceptors (Lipinski definition) is 1. The number of rotatable bonds is 3. The van der Waals surface area contributed by atoms with Crippen LogP contribution >= 0.6 is 0 Å². The Kier molecular flexibility index (Phi) is 3.79. The van der Waals surface area contributed by atoms with E-state index >= 15 is 0 Å². The van der Waals surface area contributed by atoms with Crippen LogP contribution in [-0.2, 0) is 0 Å².